The molecule has 0 amide bonds. The van der Waals surface area contributed by atoms with E-state index in [1.807, 2.05) is 13.1 Å². The van der Waals surface area contributed by atoms with Gasteiger partial charge in [-0.05, 0) is 47.8 Å². The van der Waals surface area contributed by atoms with Crippen molar-refractivity contribution in [2.75, 3.05) is 18.0 Å². The summed E-state index contributed by atoms with van der Waals surface area (Å²) < 4.78 is 1.10. The van der Waals surface area contributed by atoms with Crippen LogP contribution in [0.2, 0.25) is 0 Å². The van der Waals surface area contributed by atoms with Gasteiger partial charge in [0.05, 0.1) is 9.48 Å². The average molecular weight is 324 g/mol. The predicted molar refractivity (Wildman–Crippen MR) is 79.2 cm³/mol. The van der Waals surface area contributed by atoms with Crippen LogP contribution in [0.15, 0.2) is 22.1 Å². The van der Waals surface area contributed by atoms with Gasteiger partial charge in [0.2, 0.25) is 0 Å². The first-order valence-corrected chi connectivity index (χ1v) is 7.69. The molecule has 0 atom stereocenters. The Morgan fingerprint density at radius 3 is 2.61 bits per heavy atom. The second-order valence-corrected chi connectivity index (χ2v) is 6.79. The van der Waals surface area contributed by atoms with Gasteiger partial charge in [0, 0.05) is 24.8 Å². The van der Waals surface area contributed by atoms with Crippen LogP contribution in [0.25, 0.3) is 10.6 Å². The molecule has 3 nitrogen and oxygen atoms in total. The third kappa shape index (κ3) is 2.29. The second-order valence-electron chi connectivity index (χ2n) is 4.48. The standard InChI is InChI=1S/C13H14BrN3S/c1-9-12(14)18-13(16-9)10-4-5-11(15-8-10)17-6-2-3-7-17/h4-5,8H,2-3,6-7H2,1H3. The summed E-state index contributed by atoms with van der Waals surface area (Å²) >= 11 is 5.17. The topological polar surface area (TPSA) is 29.0 Å². The first-order chi connectivity index (χ1) is 8.74. The lowest BCUT2D eigenvalue weighted by molar-refractivity contribution is 0.938. The van der Waals surface area contributed by atoms with Gasteiger partial charge in [0.25, 0.3) is 0 Å². The number of thiazole rings is 1. The molecule has 0 aromatic carbocycles. The number of hydrogen-bond acceptors (Lipinski definition) is 4. The molecule has 0 saturated carbocycles. The Labute approximate surface area is 119 Å². The van der Waals surface area contributed by atoms with Gasteiger partial charge in [0.15, 0.2) is 0 Å². The molecule has 94 valence electrons. The summed E-state index contributed by atoms with van der Waals surface area (Å²) in [7, 11) is 0. The number of halogens is 1. The first kappa shape index (κ1) is 12.1. The normalized spacial score (nSPS) is 15.3. The van der Waals surface area contributed by atoms with Crippen molar-refractivity contribution in [1.29, 1.82) is 0 Å². The molecule has 2 aromatic rings. The predicted octanol–water partition coefficient (Wildman–Crippen LogP) is 3.88. The molecule has 1 aliphatic rings. The summed E-state index contributed by atoms with van der Waals surface area (Å²) in [6, 6.07) is 4.22. The molecule has 3 heterocycles. The van der Waals surface area contributed by atoms with Gasteiger partial charge < -0.3 is 4.90 Å². The monoisotopic (exact) mass is 323 g/mol. The molecule has 2 aromatic heterocycles. The Morgan fingerprint density at radius 2 is 2.06 bits per heavy atom. The van der Waals surface area contributed by atoms with Crippen molar-refractivity contribution in [3.05, 3.63) is 27.8 Å². The zero-order chi connectivity index (χ0) is 12.5. The van der Waals surface area contributed by atoms with Gasteiger partial charge in [-0.15, -0.1) is 11.3 Å². The summed E-state index contributed by atoms with van der Waals surface area (Å²) in [5.74, 6) is 1.09. The lowest BCUT2D eigenvalue weighted by Gasteiger charge is -2.15. The van der Waals surface area contributed by atoms with Crippen LogP contribution in [0.5, 0.6) is 0 Å². The fraction of sp³-hybridized carbons (Fsp3) is 0.385. The molecule has 0 spiro atoms. The van der Waals surface area contributed by atoms with Crippen LogP contribution in [0.1, 0.15) is 18.5 Å². The Morgan fingerprint density at radius 1 is 1.28 bits per heavy atom. The molecule has 18 heavy (non-hydrogen) atoms. The SMILES string of the molecule is Cc1nc(-c2ccc(N3CCCC3)nc2)sc1Br. The van der Waals surface area contributed by atoms with E-state index in [0.29, 0.717) is 0 Å². The van der Waals surface area contributed by atoms with Gasteiger partial charge in [-0.3, -0.25) is 0 Å². The van der Waals surface area contributed by atoms with Crippen molar-refractivity contribution in [2.45, 2.75) is 19.8 Å². The molecule has 0 aliphatic carbocycles. The quantitative estimate of drug-likeness (QED) is 0.839. The Balaban J connectivity index is 1.86. The van der Waals surface area contributed by atoms with Crippen molar-refractivity contribution >= 4 is 33.1 Å². The number of anilines is 1. The minimum absolute atomic E-state index is 1.03. The molecule has 1 fully saturated rings. The molecule has 0 N–H and O–H groups in total. The number of nitrogens with zero attached hydrogens (tertiary/aromatic N) is 3. The van der Waals surface area contributed by atoms with E-state index < -0.39 is 0 Å². The fourth-order valence-corrected chi connectivity index (χ4v) is 3.48. The number of pyridine rings is 1. The van der Waals surface area contributed by atoms with Crippen LogP contribution in [-0.4, -0.2) is 23.1 Å². The maximum Gasteiger partial charge on any atom is 0.128 e. The molecule has 1 aliphatic heterocycles. The smallest absolute Gasteiger partial charge is 0.128 e. The maximum absolute atomic E-state index is 4.55. The molecule has 0 bridgehead atoms. The van der Waals surface area contributed by atoms with Crippen LogP contribution in [-0.2, 0) is 0 Å². The summed E-state index contributed by atoms with van der Waals surface area (Å²) in [6.07, 6.45) is 4.49. The summed E-state index contributed by atoms with van der Waals surface area (Å²) in [6.45, 7) is 4.28. The molecule has 0 unspecified atom stereocenters. The van der Waals surface area contributed by atoms with E-state index in [1.54, 1.807) is 11.3 Å². The summed E-state index contributed by atoms with van der Waals surface area (Å²) in [4.78, 5) is 11.4. The van der Waals surface area contributed by atoms with E-state index >= 15 is 0 Å². The largest absolute Gasteiger partial charge is 0.357 e. The number of aromatic nitrogens is 2. The van der Waals surface area contributed by atoms with Crippen LogP contribution < -0.4 is 4.90 Å². The van der Waals surface area contributed by atoms with Gasteiger partial charge in [-0.1, -0.05) is 0 Å². The Kier molecular flexibility index (Phi) is 3.35. The molecular weight excluding hydrogens is 310 g/mol. The van der Waals surface area contributed by atoms with E-state index in [9.17, 15) is 0 Å². The van der Waals surface area contributed by atoms with Crippen molar-refractivity contribution in [3.63, 3.8) is 0 Å². The highest BCUT2D eigenvalue weighted by Crippen LogP contribution is 2.31. The minimum Gasteiger partial charge on any atom is -0.357 e. The van der Waals surface area contributed by atoms with E-state index in [4.69, 9.17) is 0 Å². The average Bonchev–Trinajstić information content (AvgIpc) is 3.01. The minimum atomic E-state index is 1.03. The number of aryl methyl sites for hydroxylation is 1. The third-order valence-electron chi connectivity index (χ3n) is 3.16. The number of rotatable bonds is 2. The lowest BCUT2D eigenvalue weighted by Crippen LogP contribution is -2.18. The van der Waals surface area contributed by atoms with Crippen molar-refractivity contribution < 1.29 is 0 Å². The highest BCUT2D eigenvalue weighted by molar-refractivity contribution is 9.11. The summed E-state index contributed by atoms with van der Waals surface area (Å²) in [5, 5.41) is 1.03. The van der Waals surface area contributed by atoms with Crippen LogP contribution in [0.3, 0.4) is 0 Å². The Hall–Kier alpha value is -0.940. The van der Waals surface area contributed by atoms with Gasteiger partial charge in [-0.2, -0.15) is 0 Å². The lowest BCUT2D eigenvalue weighted by atomic mass is 10.3. The van der Waals surface area contributed by atoms with Gasteiger partial charge in [0.1, 0.15) is 10.8 Å². The maximum atomic E-state index is 4.55. The second kappa shape index (κ2) is 4.97. The third-order valence-corrected chi connectivity index (χ3v) is 5.22. The molecule has 0 radical (unpaired) electrons. The van der Waals surface area contributed by atoms with Gasteiger partial charge >= 0.3 is 0 Å². The fourth-order valence-electron chi connectivity index (χ4n) is 2.15. The highest BCUT2D eigenvalue weighted by Gasteiger charge is 2.14. The van der Waals surface area contributed by atoms with E-state index in [1.165, 1.54) is 12.8 Å². The highest BCUT2D eigenvalue weighted by atomic mass is 79.9. The van der Waals surface area contributed by atoms with Crippen molar-refractivity contribution in [2.24, 2.45) is 0 Å². The van der Waals surface area contributed by atoms with E-state index in [-0.39, 0.29) is 0 Å². The van der Waals surface area contributed by atoms with E-state index in [0.717, 1.165) is 39.0 Å². The molecule has 5 heteroatoms. The molecule has 1 saturated heterocycles. The van der Waals surface area contributed by atoms with Gasteiger partial charge in [-0.25, -0.2) is 9.97 Å². The van der Waals surface area contributed by atoms with Crippen LogP contribution in [0.4, 0.5) is 5.82 Å². The zero-order valence-electron chi connectivity index (χ0n) is 10.2. The Bertz CT molecular complexity index is 524. The zero-order valence-corrected chi connectivity index (χ0v) is 12.6. The molecule has 3 rings (SSSR count). The van der Waals surface area contributed by atoms with Crippen molar-refractivity contribution in [1.82, 2.24) is 9.97 Å². The van der Waals surface area contributed by atoms with Crippen molar-refractivity contribution in [3.8, 4) is 10.6 Å². The van der Waals surface area contributed by atoms with Crippen LogP contribution >= 0.6 is 27.3 Å². The van der Waals surface area contributed by atoms with Crippen LogP contribution in [0, 0.1) is 6.92 Å². The number of hydrogen-bond donors (Lipinski definition) is 0. The summed E-state index contributed by atoms with van der Waals surface area (Å²) in [5.41, 5.74) is 2.13. The molecular formula is C13H14BrN3S. The first-order valence-electron chi connectivity index (χ1n) is 6.08. The van der Waals surface area contributed by atoms with E-state index in [2.05, 4.69) is 42.9 Å².